The Hall–Kier alpha value is -1.41. The number of carbonyl (C=O) groups is 1. The van der Waals surface area contributed by atoms with Crippen LogP contribution >= 0.6 is 0 Å². The van der Waals surface area contributed by atoms with Crippen molar-refractivity contribution in [2.75, 3.05) is 6.61 Å². The fraction of sp³-hybridized carbons (Fsp3) is 0.471. The second-order valence-corrected chi connectivity index (χ2v) is 5.34. The van der Waals surface area contributed by atoms with Crippen molar-refractivity contribution in [3.05, 3.63) is 47.5 Å². The van der Waals surface area contributed by atoms with Gasteiger partial charge in [0.2, 0.25) is 0 Å². The van der Waals surface area contributed by atoms with E-state index in [1.54, 1.807) is 0 Å². The molecule has 1 atom stereocenters. The van der Waals surface area contributed by atoms with Crippen LogP contribution in [0.3, 0.4) is 0 Å². The molecule has 0 radical (unpaired) electrons. The number of hydrogen-bond acceptors (Lipinski definition) is 2. The largest absolute Gasteiger partial charge is 0.377 e. The third kappa shape index (κ3) is 4.64. The summed E-state index contributed by atoms with van der Waals surface area (Å²) in [6, 6.07) is 10.2. The number of allylic oxidation sites excluding steroid dienone is 2. The fourth-order valence-electron chi connectivity index (χ4n) is 2.36. The maximum atomic E-state index is 11.8. The number of ether oxygens (including phenoxy) is 1. The van der Waals surface area contributed by atoms with Crippen molar-refractivity contribution in [1.82, 2.24) is 0 Å². The van der Waals surface area contributed by atoms with E-state index < -0.39 is 0 Å². The van der Waals surface area contributed by atoms with Gasteiger partial charge in [0.15, 0.2) is 5.78 Å². The SMILES string of the molecule is C[C@@H]1CC=C(CCCOCc2ccccc2)C(=O)C1. The Morgan fingerprint density at radius 3 is 2.79 bits per heavy atom. The van der Waals surface area contributed by atoms with Crippen LogP contribution < -0.4 is 0 Å². The van der Waals surface area contributed by atoms with E-state index in [1.807, 2.05) is 18.2 Å². The van der Waals surface area contributed by atoms with Crippen molar-refractivity contribution >= 4 is 5.78 Å². The molecular formula is C17H22O2. The molecule has 0 heterocycles. The Balaban J connectivity index is 1.63. The van der Waals surface area contributed by atoms with Crippen LogP contribution in [0.1, 0.15) is 38.2 Å². The lowest BCUT2D eigenvalue weighted by Gasteiger charge is -2.17. The minimum Gasteiger partial charge on any atom is -0.377 e. The van der Waals surface area contributed by atoms with Crippen LogP contribution in [0.25, 0.3) is 0 Å². The normalized spacial score (nSPS) is 19.3. The molecule has 0 saturated carbocycles. The summed E-state index contributed by atoms with van der Waals surface area (Å²) in [6.45, 7) is 3.51. The molecule has 1 aromatic carbocycles. The highest BCUT2D eigenvalue weighted by molar-refractivity contribution is 5.96. The van der Waals surface area contributed by atoms with Crippen LogP contribution in [0.4, 0.5) is 0 Å². The van der Waals surface area contributed by atoms with Crippen LogP contribution in [0.5, 0.6) is 0 Å². The minimum absolute atomic E-state index is 0.335. The molecule has 0 amide bonds. The summed E-state index contributed by atoms with van der Waals surface area (Å²) in [4.78, 5) is 11.8. The molecule has 0 unspecified atom stereocenters. The molecule has 0 saturated heterocycles. The van der Waals surface area contributed by atoms with Gasteiger partial charge in [-0.3, -0.25) is 4.79 Å². The molecule has 1 aromatic rings. The standard InChI is InChI=1S/C17H22O2/c1-14-9-10-16(17(18)12-14)8-5-11-19-13-15-6-3-2-4-7-15/h2-4,6-7,10,14H,5,8-9,11-13H2,1H3/t14-/m1/s1. The van der Waals surface area contributed by atoms with Gasteiger partial charge in [-0.1, -0.05) is 43.3 Å². The number of rotatable bonds is 6. The highest BCUT2D eigenvalue weighted by Gasteiger charge is 2.17. The van der Waals surface area contributed by atoms with E-state index in [4.69, 9.17) is 4.74 Å². The minimum atomic E-state index is 0.335. The summed E-state index contributed by atoms with van der Waals surface area (Å²) in [6.07, 6.45) is 5.68. The molecule has 0 N–H and O–H groups in total. The Bertz CT molecular complexity index is 434. The average Bonchev–Trinajstić information content (AvgIpc) is 2.42. The molecule has 0 aromatic heterocycles. The van der Waals surface area contributed by atoms with Gasteiger partial charge in [-0.25, -0.2) is 0 Å². The predicted octanol–water partition coefficient (Wildman–Crippen LogP) is 3.91. The molecule has 19 heavy (non-hydrogen) atoms. The van der Waals surface area contributed by atoms with Crippen LogP contribution in [0.2, 0.25) is 0 Å². The molecule has 0 bridgehead atoms. The zero-order chi connectivity index (χ0) is 13.5. The first-order valence-electron chi connectivity index (χ1n) is 7.09. The number of Topliss-reactive ketones (excluding diaryl/α,β-unsaturated/α-hetero) is 1. The van der Waals surface area contributed by atoms with E-state index in [2.05, 4.69) is 25.1 Å². The van der Waals surface area contributed by atoms with Crippen molar-refractivity contribution in [2.45, 2.75) is 39.2 Å². The molecular weight excluding hydrogens is 236 g/mol. The molecule has 0 aliphatic heterocycles. The Morgan fingerprint density at radius 2 is 2.05 bits per heavy atom. The molecule has 0 fully saturated rings. The predicted molar refractivity (Wildman–Crippen MR) is 76.8 cm³/mol. The monoisotopic (exact) mass is 258 g/mol. The van der Waals surface area contributed by atoms with Gasteiger partial charge in [-0.15, -0.1) is 0 Å². The fourth-order valence-corrected chi connectivity index (χ4v) is 2.36. The van der Waals surface area contributed by atoms with Gasteiger partial charge in [-0.2, -0.15) is 0 Å². The summed E-state index contributed by atoms with van der Waals surface area (Å²) in [5, 5.41) is 0. The topological polar surface area (TPSA) is 26.3 Å². The van der Waals surface area contributed by atoms with Crippen molar-refractivity contribution in [3.63, 3.8) is 0 Å². The van der Waals surface area contributed by atoms with E-state index in [1.165, 1.54) is 5.56 Å². The lowest BCUT2D eigenvalue weighted by molar-refractivity contribution is -0.116. The van der Waals surface area contributed by atoms with Gasteiger partial charge in [-0.05, 0) is 36.3 Å². The van der Waals surface area contributed by atoms with Gasteiger partial charge in [0.25, 0.3) is 0 Å². The first kappa shape index (κ1) is 14.0. The zero-order valence-corrected chi connectivity index (χ0v) is 11.6. The van der Waals surface area contributed by atoms with Crippen LogP contribution in [0.15, 0.2) is 42.0 Å². The van der Waals surface area contributed by atoms with Gasteiger partial charge in [0, 0.05) is 13.0 Å². The quantitative estimate of drug-likeness (QED) is 0.723. The molecule has 0 spiro atoms. The van der Waals surface area contributed by atoms with E-state index in [0.29, 0.717) is 18.3 Å². The Labute approximate surface area is 115 Å². The highest BCUT2D eigenvalue weighted by atomic mass is 16.5. The van der Waals surface area contributed by atoms with Crippen molar-refractivity contribution in [2.24, 2.45) is 5.92 Å². The lowest BCUT2D eigenvalue weighted by atomic mass is 9.88. The molecule has 2 rings (SSSR count). The number of hydrogen-bond donors (Lipinski definition) is 0. The second-order valence-electron chi connectivity index (χ2n) is 5.34. The average molecular weight is 258 g/mol. The third-order valence-electron chi connectivity index (χ3n) is 3.50. The lowest BCUT2D eigenvalue weighted by Crippen LogP contribution is -2.13. The van der Waals surface area contributed by atoms with Crippen molar-refractivity contribution in [3.8, 4) is 0 Å². The first-order valence-corrected chi connectivity index (χ1v) is 7.09. The summed E-state index contributed by atoms with van der Waals surface area (Å²) < 4.78 is 5.63. The Kier molecular flexibility index (Phi) is 5.34. The van der Waals surface area contributed by atoms with Crippen LogP contribution in [-0.2, 0) is 16.1 Å². The number of benzene rings is 1. The van der Waals surface area contributed by atoms with Crippen LogP contribution in [0, 0.1) is 5.92 Å². The number of ketones is 1. The maximum absolute atomic E-state index is 11.8. The molecule has 2 heteroatoms. The van der Waals surface area contributed by atoms with Crippen LogP contribution in [-0.4, -0.2) is 12.4 Å². The molecule has 2 nitrogen and oxygen atoms in total. The smallest absolute Gasteiger partial charge is 0.158 e. The van der Waals surface area contributed by atoms with E-state index >= 15 is 0 Å². The summed E-state index contributed by atoms with van der Waals surface area (Å²) in [7, 11) is 0. The molecule has 1 aliphatic rings. The Morgan fingerprint density at radius 1 is 1.26 bits per heavy atom. The van der Waals surface area contributed by atoms with Gasteiger partial charge < -0.3 is 4.74 Å². The number of carbonyl (C=O) groups excluding carboxylic acids is 1. The highest BCUT2D eigenvalue weighted by Crippen LogP contribution is 2.22. The first-order chi connectivity index (χ1) is 9.25. The van der Waals surface area contributed by atoms with Crippen molar-refractivity contribution < 1.29 is 9.53 Å². The van der Waals surface area contributed by atoms with Gasteiger partial charge in [0.1, 0.15) is 0 Å². The van der Waals surface area contributed by atoms with Gasteiger partial charge in [0.05, 0.1) is 6.61 Å². The van der Waals surface area contributed by atoms with Crippen molar-refractivity contribution in [1.29, 1.82) is 0 Å². The summed E-state index contributed by atoms with van der Waals surface area (Å²) in [5.74, 6) is 0.854. The van der Waals surface area contributed by atoms with E-state index in [-0.39, 0.29) is 0 Å². The third-order valence-corrected chi connectivity index (χ3v) is 3.50. The summed E-state index contributed by atoms with van der Waals surface area (Å²) in [5.41, 5.74) is 2.21. The second kappa shape index (κ2) is 7.25. The maximum Gasteiger partial charge on any atom is 0.158 e. The van der Waals surface area contributed by atoms with Gasteiger partial charge >= 0.3 is 0 Å². The molecule has 1 aliphatic carbocycles. The molecule has 102 valence electrons. The van der Waals surface area contributed by atoms with E-state index in [9.17, 15) is 4.79 Å². The van der Waals surface area contributed by atoms with E-state index in [0.717, 1.165) is 37.9 Å². The zero-order valence-electron chi connectivity index (χ0n) is 11.6. The summed E-state index contributed by atoms with van der Waals surface area (Å²) >= 11 is 0.